The van der Waals surface area contributed by atoms with Crippen molar-refractivity contribution in [2.45, 2.75) is 31.9 Å². The highest BCUT2D eigenvalue weighted by Gasteiger charge is 2.27. The van der Waals surface area contributed by atoms with E-state index in [2.05, 4.69) is 47.8 Å². The van der Waals surface area contributed by atoms with Crippen molar-refractivity contribution in [2.75, 3.05) is 20.3 Å². The summed E-state index contributed by atoms with van der Waals surface area (Å²) in [5, 5.41) is 3.40. The van der Waals surface area contributed by atoms with Crippen molar-refractivity contribution < 1.29 is 9.47 Å². The topological polar surface area (TPSA) is 30.5 Å². The van der Waals surface area contributed by atoms with Crippen LogP contribution < -0.4 is 10.1 Å². The van der Waals surface area contributed by atoms with Crippen LogP contribution in [0.4, 0.5) is 0 Å². The molecule has 0 aromatic heterocycles. The van der Waals surface area contributed by atoms with Crippen molar-refractivity contribution in [1.82, 2.24) is 5.32 Å². The molecule has 1 saturated carbocycles. The fraction of sp³-hybridized carbons (Fsp3) is 0.400. The molecular formula is C20H25NO2. The lowest BCUT2D eigenvalue weighted by Crippen LogP contribution is -2.18. The highest BCUT2D eigenvalue weighted by Crippen LogP contribution is 2.44. The summed E-state index contributed by atoms with van der Waals surface area (Å²) in [6.07, 6.45) is 2.56. The van der Waals surface area contributed by atoms with E-state index in [-0.39, 0.29) is 0 Å². The average molecular weight is 311 g/mol. The molecule has 0 unspecified atom stereocenters. The van der Waals surface area contributed by atoms with Gasteiger partial charge in [-0.05, 0) is 41.5 Å². The summed E-state index contributed by atoms with van der Waals surface area (Å²) in [5.74, 6) is 1.72. The van der Waals surface area contributed by atoms with Gasteiger partial charge in [0, 0.05) is 20.2 Å². The van der Waals surface area contributed by atoms with Crippen molar-refractivity contribution in [3.05, 3.63) is 65.2 Å². The van der Waals surface area contributed by atoms with Crippen molar-refractivity contribution in [1.29, 1.82) is 0 Å². The molecule has 0 saturated heterocycles. The molecule has 0 amide bonds. The van der Waals surface area contributed by atoms with E-state index in [1.54, 1.807) is 7.11 Å². The van der Waals surface area contributed by atoms with E-state index in [0.29, 0.717) is 12.5 Å². The van der Waals surface area contributed by atoms with Crippen LogP contribution in [0.25, 0.3) is 0 Å². The molecule has 0 heterocycles. The number of methoxy groups -OCH3 is 1. The Labute approximate surface area is 138 Å². The van der Waals surface area contributed by atoms with Gasteiger partial charge in [-0.25, -0.2) is 0 Å². The second kappa shape index (κ2) is 8.14. The lowest BCUT2D eigenvalue weighted by atomic mass is 10.1. The van der Waals surface area contributed by atoms with Crippen LogP contribution in [-0.4, -0.2) is 20.3 Å². The Morgan fingerprint density at radius 3 is 2.61 bits per heavy atom. The standard InChI is InChI=1S/C20H25NO2/c1-22-12-11-21-14-17-7-10-20(19(13-17)18-8-9-18)23-15-16-5-3-2-4-6-16/h2-7,10,13,18,21H,8-9,11-12,14-15H2,1H3. The molecule has 23 heavy (non-hydrogen) atoms. The normalized spacial score (nSPS) is 14.0. The highest BCUT2D eigenvalue weighted by molar-refractivity contribution is 5.42. The van der Waals surface area contributed by atoms with Gasteiger partial charge >= 0.3 is 0 Å². The van der Waals surface area contributed by atoms with Gasteiger partial charge in [0.15, 0.2) is 0 Å². The Balaban J connectivity index is 1.63. The van der Waals surface area contributed by atoms with E-state index in [1.807, 2.05) is 6.07 Å². The number of hydrogen-bond acceptors (Lipinski definition) is 3. The van der Waals surface area contributed by atoms with Crippen LogP contribution in [0.3, 0.4) is 0 Å². The zero-order valence-corrected chi connectivity index (χ0v) is 13.8. The van der Waals surface area contributed by atoms with Crippen molar-refractivity contribution in [2.24, 2.45) is 0 Å². The van der Waals surface area contributed by atoms with Crippen LogP contribution in [-0.2, 0) is 17.9 Å². The first-order chi connectivity index (χ1) is 11.4. The van der Waals surface area contributed by atoms with E-state index in [9.17, 15) is 0 Å². The second-order valence-corrected chi connectivity index (χ2v) is 6.09. The third-order valence-corrected chi connectivity index (χ3v) is 4.14. The van der Waals surface area contributed by atoms with Gasteiger partial charge in [-0.2, -0.15) is 0 Å². The quantitative estimate of drug-likeness (QED) is 0.713. The minimum atomic E-state index is 0.631. The molecule has 0 atom stereocenters. The van der Waals surface area contributed by atoms with Gasteiger partial charge in [-0.15, -0.1) is 0 Å². The van der Waals surface area contributed by atoms with Gasteiger partial charge in [0.05, 0.1) is 6.61 Å². The summed E-state index contributed by atoms with van der Waals surface area (Å²) in [5.41, 5.74) is 3.89. The first-order valence-corrected chi connectivity index (χ1v) is 8.36. The molecule has 2 aromatic carbocycles. The maximum Gasteiger partial charge on any atom is 0.123 e. The van der Waals surface area contributed by atoms with Crippen molar-refractivity contribution >= 4 is 0 Å². The molecule has 0 spiro atoms. The molecular weight excluding hydrogens is 286 g/mol. The average Bonchev–Trinajstić information content (AvgIpc) is 3.43. The summed E-state index contributed by atoms with van der Waals surface area (Å²) < 4.78 is 11.1. The molecule has 3 rings (SSSR count). The molecule has 0 bridgehead atoms. The summed E-state index contributed by atoms with van der Waals surface area (Å²) in [4.78, 5) is 0. The zero-order chi connectivity index (χ0) is 15.9. The van der Waals surface area contributed by atoms with Gasteiger partial charge in [-0.3, -0.25) is 0 Å². The molecule has 0 radical (unpaired) electrons. The van der Waals surface area contributed by atoms with E-state index in [1.165, 1.54) is 29.5 Å². The molecule has 3 nitrogen and oxygen atoms in total. The number of hydrogen-bond donors (Lipinski definition) is 1. The maximum absolute atomic E-state index is 6.08. The van der Waals surface area contributed by atoms with Crippen LogP contribution in [0.1, 0.15) is 35.4 Å². The Hall–Kier alpha value is -1.84. The van der Waals surface area contributed by atoms with Crippen molar-refractivity contribution in [3.63, 3.8) is 0 Å². The number of rotatable bonds is 9. The molecule has 1 aliphatic rings. The second-order valence-electron chi connectivity index (χ2n) is 6.09. The van der Waals surface area contributed by atoms with Gasteiger partial charge in [-0.1, -0.05) is 42.5 Å². The lowest BCUT2D eigenvalue weighted by molar-refractivity contribution is 0.199. The maximum atomic E-state index is 6.08. The van der Waals surface area contributed by atoms with Crippen LogP contribution in [0.5, 0.6) is 5.75 Å². The predicted octanol–water partition coefficient (Wildman–Crippen LogP) is 3.88. The summed E-state index contributed by atoms with van der Waals surface area (Å²) in [6.45, 7) is 3.13. The minimum Gasteiger partial charge on any atom is -0.489 e. The number of ether oxygens (including phenoxy) is 2. The lowest BCUT2D eigenvalue weighted by Gasteiger charge is -2.13. The fourth-order valence-corrected chi connectivity index (χ4v) is 2.69. The molecule has 0 aliphatic heterocycles. The Morgan fingerprint density at radius 1 is 1.04 bits per heavy atom. The molecule has 1 fully saturated rings. The van der Waals surface area contributed by atoms with Crippen LogP contribution in [0.15, 0.2) is 48.5 Å². The first kappa shape index (κ1) is 16.0. The smallest absolute Gasteiger partial charge is 0.123 e. The molecule has 1 aliphatic carbocycles. The fourth-order valence-electron chi connectivity index (χ4n) is 2.69. The summed E-state index contributed by atoms with van der Waals surface area (Å²) in [6, 6.07) is 16.9. The Morgan fingerprint density at radius 2 is 1.87 bits per heavy atom. The van der Waals surface area contributed by atoms with Gasteiger partial charge < -0.3 is 14.8 Å². The van der Waals surface area contributed by atoms with Crippen LogP contribution in [0, 0.1) is 0 Å². The predicted molar refractivity (Wildman–Crippen MR) is 92.8 cm³/mol. The number of benzene rings is 2. The van der Waals surface area contributed by atoms with Crippen LogP contribution >= 0.6 is 0 Å². The van der Waals surface area contributed by atoms with Gasteiger partial charge in [0.2, 0.25) is 0 Å². The monoisotopic (exact) mass is 311 g/mol. The van der Waals surface area contributed by atoms with Crippen molar-refractivity contribution in [3.8, 4) is 5.75 Å². The highest BCUT2D eigenvalue weighted by atomic mass is 16.5. The molecule has 2 aromatic rings. The van der Waals surface area contributed by atoms with Crippen LogP contribution in [0.2, 0.25) is 0 Å². The minimum absolute atomic E-state index is 0.631. The zero-order valence-electron chi connectivity index (χ0n) is 13.8. The van der Waals surface area contributed by atoms with E-state index in [4.69, 9.17) is 9.47 Å². The Kier molecular flexibility index (Phi) is 5.67. The first-order valence-electron chi connectivity index (χ1n) is 8.36. The third kappa shape index (κ3) is 4.81. The Bertz CT molecular complexity index is 608. The molecule has 1 N–H and O–H groups in total. The van der Waals surface area contributed by atoms with Gasteiger partial charge in [0.1, 0.15) is 12.4 Å². The van der Waals surface area contributed by atoms with E-state index < -0.39 is 0 Å². The SMILES string of the molecule is COCCNCc1ccc(OCc2ccccc2)c(C2CC2)c1. The number of nitrogens with one attached hydrogen (secondary N) is 1. The largest absolute Gasteiger partial charge is 0.489 e. The van der Waals surface area contributed by atoms with E-state index in [0.717, 1.165) is 25.4 Å². The molecule has 122 valence electrons. The van der Waals surface area contributed by atoms with E-state index >= 15 is 0 Å². The van der Waals surface area contributed by atoms with Gasteiger partial charge in [0.25, 0.3) is 0 Å². The third-order valence-electron chi connectivity index (χ3n) is 4.14. The molecule has 3 heteroatoms. The summed E-state index contributed by atoms with van der Waals surface area (Å²) in [7, 11) is 1.73. The summed E-state index contributed by atoms with van der Waals surface area (Å²) >= 11 is 0.